The molecule has 4 rings (SSSR count). The molecule has 0 saturated heterocycles. The SMILES string of the molecule is COc1cccc2c1-c1ccc3c(c1CO2)C(C)=C(O)C(C)(C)N3. The van der Waals surface area contributed by atoms with Crippen LogP contribution in [0, 0.1) is 0 Å². The number of benzene rings is 2. The molecule has 0 aliphatic carbocycles. The van der Waals surface area contributed by atoms with Crippen LogP contribution in [0.15, 0.2) is 36.1 Å². The first-order valence-corrected chi connectivity index (χ1v) is 8.09. The van der Waals surface area contributed by atoms with E-state index in [1.165, 1.54) is 0 Å². The summed E-state index contributed by atoms with van der Waals surface area (Å²) < 4.78 is 11.5. The van der Waals surface area contributed by atoms with Crippen LogP contribution in [0.1, 0.15) is 31.9 Å². The molecule has 24 heavy (non-hydrogen) atoms. The summed E-state index contributed by atoms with van der Waals surface area (Å²) in [5.41, 5.74) is 5.62. The maximum absolute atomic E-state index is 10.6. The van der Waals surface area contributed by atoms with E-state index in [1.807, 2.05) is 39.0 Å². The summed E-state index contributed by atoms with van der Waals surface area (Å²) >= 11 is 0. The third-order valence-electron chi connectivity index (χ3n) is 4.93. The zero-order chi connectivity index (χ0) is 17.1. The van der Waals surface area contributed by atoms with Crippen molar-refractivity contribution in [3.63, 3.8) is 0 Å². The van der Waals surface area contributed by atoms with Gasteiger partial charge in [-0.1, -0.05) is 12.1 Å². The van der Waals surface area contributed by atoms with Crippen molar-refractivity contribution in [2.45, 2.75) is 32.9 Å². The highest BCUT2D eigenvalue weighted by Gasteiger charge is 2.34. The summed E-state index contributed by atoms with van der Waals surface area (Å²) in [6.07, 6.45) is 0. The first-order chi connectivity index (χ1) is 11.4. The van der Waals surface area contributed by atoms with Gasteiger partial charge in [-0.25, -0.2) is 0 Å². The number of fused-ring (bicyclic) bond motifs is 5. The number of rotatable bonds is 1. The lowest BCUT2D eigenvalue weighted by Gasteiger charge is -2.36. The second kappa shape index (κ2) is 4.94. The van der Waals surface area contributed by atoms with Gasteiger partial charge in [0.1, 0.15) is 23.9 Å². The lowest BCUT2D eigenvalue weighted by atomic mass is 9.83. The van der Waals surface area contributed by atoms with E-state index in [-0.39, 0.29) is 0 Å². The summed E-state index contributed by atoms with van der Waals surface area (Å²) in [6.45, 7) is 6.40. The van der Waals surface area contributed by atoms with Crippen molar-refractivity contribution in [3.8, 4) is 22.6 Å². The summed E-state index contributed by atoms with van der Waals surface area (Å²) in [6, 6.07) is 10.0. The number of nitrogens with one attached hydrogen (secondary N) is 1. The van der Waals surface area contributed by atoms with Gasteiger partial charge in [0.2, 0.25) is 0 Å². The zero-order valence-corrected chi connectivity index (χ0v) is 14.4. The fraction of sp³-hybridized carbons (Fsp3) is 0.300. The fourth-order valence-electron chi connectivity index (χ4n) is 3.76. The first kappa shape index (κ1) is 14.9. The van der Waals surface area contributed by atoms with Crippen molar-refractivity contribution >= 4 is 11.3 Å². The monoisotopic (exact) mass is 323 g/mol. The highest BCUT2D eigenvalue weighted by molar-refractivity contribution is 5.91. The average molecular weight is 323 g/mol. The van der Waals surface area contributed by atoms with Gasteiger partial charge in [-0.15, -0.1) is 0 Å². The van der Waals surface area contributed by atoms with Gasteiger partial charge in [0.05, 0.1) is 18.2 Å². The molecule has 0 fully saturated rings. The Morgan fingerprint density at radius 3 is 2.71 bits per heavy atom. The predicted molar refractivity (Wildman–Crippen MR) is 95.7 cm³/mol. The van der Waals surface area contributed by atoms with Crippen LogP contribution in [0.4, 0.5) is 5.69 Å². The molecule has 2 aliphatic rings. The van der Waals surface area contributed by atoms with Gasteiger partial charge in [0.15, 0.2) is 0 Å². The maximum atomic E-state index is 10.6. The summed E-state index contributed by atoms with van der Waals surface area (Å²) in [4.78, 5) is 0. The molecule has 0 radical (unpaired) electrons. The quantitative estimate of drug-likeness (QED) is 0.795. The highest BCUT2D eigenvalue weighted by atomic mass is 16.5. The van der Waals surface area contributed by atoms with Crippen LogP contribution < -0.4 is 14.8 Å². The zero-order valence-electron chi connectivity index (χ0n) is 14.4. The highest BCUT2D eigenvalue weighted by Crippen LogP contribution is 2.49. The van der Waals surface area contributed by atoms with Crippen molar-refractivity contribution in [3.05, 3.63) is 47.2 Å². The van der Waals surface area contributed by atoms with Crippen molar-refractivity contribution in [2.24, 2.45) is 0 Å². The van der Waals surface area contributed by atoms with E-state index in [0.29, 0.717) is 12.4 Å². The van der Waals surface area contributed by atoms with Crippen LogP contribution in [-0.2, 0) is 6.61 Å². The summed E-state index contributed by atoms with van der Waals surface area (Å²) in [5.74, 6) is 1.99. The molecule has 0 atom stereocenters. The summed E-state index contributed by atoms with van der Waals surface area (Å²) in [5, 5.41) is 14.0. The molecule has 2 aliphatic heterocycles. The number of aliphatic hydroxyl groups is 1. The van der Waals surface area contributed by atoms with E-state index in [9.17, 15) is 5.11 Å². The van der Waals surface area contributed by atoms with Gasteiger partial charge in [-0.3, -0.25) is 0 Å². The van der Waals surface area contributed by atoms with Crippen LogP contribution in [-0.4, -0.2) is 17.8 Å². The Kier molecular flexibility index (Phi) is 3.07. The lowest BCUT2D eigenvalue weighted by molar-refractivity contribution is 0.298. The predicted octanol–water partition coefficient (Wildman–Crippen LogP) is 4.75. The van der Waals surface area contributed by atoms with Crippen molar-refractivity contribution in [1.82, 2.24) is 0 Å². The Morgan fingerprint density at radius 2 is 1.96 bits per heavy atom. The molecule has 0 amide bonds. The molecule has 0 saturated carbocycles. The van der Waals surface area contributed by atoms with Crippen LogP contribution in [0.25, 0.3) is 16.7 Å². The first-order valence-electron chi connectivity index (χ1n) is 8.09. The fourth-order valence-corrected chi connectivity index (χ4v) is 3.76. The van der Waals surface area contributed by atoms with Crippen LogP contribution in [0.3, 0.4) is 0 Å². The third kappa shape index (κ3) is 1.92. The average Bonchev–Trinajstić information content (AvgIpc) is 2.58. The minimum Gasteiger partial charge on any atom is -0.510 e. The Bertz CT molecular complexity index is 866. The molecular formula is C20H21NO3. The molecule has 2 heterocycles. The molecule has 4 nitrogen and oxygen atoms in total. The molecule has 124 valence electrons. The van der Waals surface area contributed by atoms with Crippen molar-refractivity contribution in [2.75, 3.05) is 12.4 Å². The number of ether oxygens (including phenoxy) is 2. The number of hydrogen-bond acceptors (Lipinski definition) is 4. The lowest BCUT2D eigenvalue weighted by Crippen LogP contribution is -2.37. The maximum Gasteiger partial charge on any atom is 0.131 e. The van der Waals surface area contributed by atoms with Gasteiger partial charge >= 0.3 is 0 Å². The van der Waals surface area contributed by atoms with Gasteiger partial charge < -0.3 is 19.9 Å². The molecule has 0 aromatic heterocycles. The van der Waals surface area contributed by atoms with Gasteiger partial charge in [0, 0.05) is 16.8 Å². The smallest absolute Gasteiger partial charge is 0.131 e. The van der Waals surface area contributed by atoms with Gasteiger partial charge in [-0.05, 0) is 50.1 Å². The van der Waals surface area contributed by atoms with E-state index >= 15 is 0 Å². The van der Waals surface area contributed by atoms with Crippen molar-refractivity contribution < 1.29 is 14.6 Å². The normalized spacial score (nSPS) is 17.2. The topological polar surface area (TPSA) is 50.7 Å². The van der Waals surface area contributed by atoms with E-state index in [4.69, 9.17) is 9.47 Å². The number of hydrogen-bond donors (Lipinski definition) is 2. The molecule has 2 aromatic carbocycles. The number of aliphatic hydroxyl groups excluding tert-OH is 1. The summed E-state index contributed by atoms with van der Waals surface area (Å²) in [7, 11) is 1.67. The molecular weight excluding hydrogens is 302 g/mol. The Hall–Kier alpha value is -2.62. The Morgan fingerprint density at radius 1 is 1.17 bits per heavy atom. The number of allylic oxidation sites excluding steroid dienone is 1. The minimum atomic E-state index is -0.476. The molecule has 4 heteroatoms. The van der Waals surface area contributed by atoms with E-state index in [0.717, 1.165) is 45.0 Å². The molecule has 0 spiro atoms. The van der Waals surface area contributed by atoms with Crippen molar-refractivity contribution in [1.29, 1.82) is 0 Å². The van der Waals surface area contributed by atoms with E-state index in [2.05, 4.69) is 17.4 Å². The van der Waals surface area contributed by atoms with Crippen LogP contribution in [0.2, 0.25) is 0 Å². The standard InChI is InChI=1S/C20H21NO3/c1-11-17-13-10-24-16-7-5-6-15(23-4)18(16)12(13)8-9-14(17)21-20(2,3)19(11)22/h5-9,21-22H,10H2,1-4H3. The second-order valence-electron chi connectivity index (χ2n) is 6.86. The molecule has 2 aromatic rings. The minimum absolute atomic E-state index is 0.370. The number of anilines is 1. The Balaban J connectivity index is 2.01. The number of methoxy groups -OCH3 is 1. The van der Waals surface area contributed by atoms with Crippen LogP contribution >= 0.6 is 0 Å². The van der Waals surface area contributed by atoms with E-state index in [1.54, 1.807) is 7.11 Å². The van der Waals surface area contributed by atoms with Gasteiger partial charge in [0.25, 0.3) is 0 Å². The third-order valence-corrected chi connectivity index (χ3v) is 4.93. The molecule has 0 bridgehead atoms. The van der Waals surface area contributed by atoms with Crippen LogP contribution in [0.5, 0.6) is 11.5 Å². The second-order valence-corrected chi connectivity index (χ2v) is 6.86. The Labute approximate surface area is 141 Å². The van der Waals surface area contributed by atoms with Gasteiger partial charge in [-0.2, -0.15) is 0 Å². The van der Waals surface area contributed by atoms with E-state index < -0.39 is 5.54 Å². The molecule has 0 unspecified atom stereocenters. The largest absolute Gasteiger partial charge is 0.510 e. The molecule has 2 N–H and O–H groups in total.